The topological polar surface area (TPSA) is 32.3 Å². The maximum atomic E-state index is 10.8. The van der Waals surface area contributed by atoms with Crippen LogP contribution in [0.1, 0.15) is 19.3 Å². The predicted molar refractivity (Wildman–Crippen MR) is 47.1 cm³/mol. The number of rotatable bonds is 1. The molecule has 2 heterocycles. The first-order chi connectivity index (χ1) is 5.92. The monoisotopic (exact) mass is 168 g/mol. The van der Waals surface area contributed by atoms with Crippen molar-refractivity contribution in [1.82, 2.24) is 10.2 Å². The molecule has 0 aromatic carbocycles. The summed E-state index contributed by atoms with van der Waals surface area (Å²) in [6.45, 7) is 3.17. The first-order valence-electron chi connectivity index (χ1n) is 4.83. The summed E-state index contributed by atoms with van der Waals surface area (Å²) in [6.07, 6.45) is 4.67. The number of piperazine rings is 1. The fraction of sp³-hybridized carbons (Fsp3) is 0.889. The van der Waals surface area contributed by atoms with Crippen molar-refractivity contribution >= 4 is 6.29 Å². The van der Waals surface area contributed by atoms with Gasteiger partial charge in [0.15, 0.2) is 0 Å². The van der Waals surface area contributed by atoms with Crippen LogP contribution in [0.25, 0.3) is 0 Å². The van der Waals surface area contributed by atoms with Crippen LogP contribution in [0.15, 0.2) is 0 Å². The van der Waals surface area contributed by atoms with Crippen molar-refractivity contribution in [3.8, 4) is 0 Å². The standard InChI is InChI=1S/C9H16N2O/c12-7-9-3-1-2-8-6-10-4-5-11(8)9/h7-10H,1-6H2/t8?,9-/m1/s1. The predicted octanol–water partition coefficient (Wildman–Crippen LogP) is 0.0116. The molecule has 1 N–H and O–H groups in total. The SMILES string of the molecule is O=C[C@H]1CCCC2CNCCN21. The molecule has 1 unspecified atom stereocenters. The van der Waals surface area contributed by atoms with Gasteiger partial charge in [0, 0.05) is 25.7 Å². The summed E-state index contributed by atoms with van der Waals surface area (Å²) in [5.41, 5.74) is 0. The molecule has 0 radical (unpaired) electrons. The molecule has 2 aliphatic rings. The van der Waals surface area contributed by atoms with Crippen molar-refractivity contribution < 1.29 is 4.79 Å². The molecular formula is C9H16N2O. The number of hydrogen-bond donors (Lipinski definition) is 1. The van der Waals surface area contributed by atoms with Crippen LogP contribution < -0.4 is 5.32 Å². The summed E-state index contributed by atoms with van der Waals surface area (Å²) in [5, 5.41) is 3.37. The molecule has 12 heavy (non-hydrogen) atoms. The zero-order chi connectivity index (χ0) is 8.39. The Bertz CT molecular complexity index is 170. The fourth-order valence-electron chi connectivity index (χ4n) is 2.36. The van der Waals surface area contributed by atoms with Gasteiger partial charge in [0.05, 0.1) is 6.04 Å². The summed E-state index contributed by atoms with van der Waals surface area (Å²) in [5.74, 6) is 0. The highest BCUT2D eigenvalue weighted by Gasteiger charge is 2.31. The average Bonchev–Trinajstić information content (AvgIpc) is 2.17. The molecule has 0 aromatic heterocycles. The van der Waals surface area contributed by atoms with Crippen molar-refractivity contribution in [2.75, 3.05) is 19.6 Å². The molecule has 3 heteroatoms. The largest absolute Gasteiger partial charge is 0.314 e. The second kappa shape index (κ2) is 3.54. The molecule has 3 nitrogen and oxygen atoms in total. The second-order valence-electron chi connectivity index (χ2n) is 3.73. The van der Waals surface area contributed by atoms with Crippen LogP contribution in [0.2, 0.25) is 0 Å². The minimum Gasteiger partial charge on any atom is -0.314 e. The highest BCUT2D eigenvalue weighted by atomic mass is 16.1. The first-order valence-corrected chi connectivity index (χ1v) is 4.83. The van der Waals surface area contributed by atoms with Crippen LogP contribution in [-0.4, -0.2) is 42.9 Å². The van der Waals surface area contributed by atoms with E-state index in [4.69, 9.17) is 0 Å². The lowest BCUT2D eigenvalue weighted by atomic mass is 9.95. The summed E-state index contributed by atoms with van der Waals surface area (Å²) >= 11 is 0. The quantitative estimate of drug-likeness (QED) is 0.560. The van der Waals surface area contributed by atoms with E-state index in [0.29, 0.717) is 6.04 Å². The Morgan fingerprint density at radius 1 is 1.42 bits per heavy atom. The van der Waals surface area contributed by atoms with E-state index in [-0.39, 0.29) is 6.04 Å². The van der Waals surface area contributed by atoms with Gasteiger partial charge in [-0.25, -0.2) is 0 Å². The molecular weight excluding hydrogens is 152 g/mol. The summed E-state index contributed by atoms with van der Waals surface area (Å²) in [7, 11) is 0. The number of aldehydes is 1. The van der Waals surface area contributed by atoms with E-state index >= 15 is 0 Å². The van der Waals surface area contributed by atoms with Gasteiger partial charge < -0.3 is 10.1 Å². The normalized spacial score (nSPS) is 37.3. The number of fused-ring (bicyclic) bond motifs is 1. The molecule has 0 amide bonds. The van der Waals surface area contributed by atoms with Crippen LogP contribution in [-0.2, 0) is 4.79 Å². The molecule has 0 aromatic rings. The number of carbonyl (C=O) groups excluding carboxylic acids is 1. The lowest BCUT2D eigenvalue weighted by molar-refractivity contribution is -0.115. The molecule has 2 rings (SSSR count). The van der Waals surface area contributed by atoms with Gasteiger partial charge in [-0.2, -0.15) is 0 Å². The van der Waals surface area contributed by atoms with Crippen LogP contribution in [0.3, 0.4) is 0 Å². The second-order valence-corrected chi connectivity index (χ2v) is 3.73. The van der Waals surface area contributed by atoms with Gasteiger partial charge in [-0.15, -0.1) is 0 Å². The highest BCUT2D eigenvalue weighted by molar-refractivity contribution is 5.57. The third kappa shape index (κ3) is 1.39. The summed E-state index contributed by atoms with van der Waals surface area (Å²) in [6, 6.07) is 0.841. The van der Waals surface area contributed by atoms with Crippen molar-refractivity contribution in [2.45, 2.75) is 31.3 Å². The van der Waals surface area contributed by atoms with Gasteiger partial charge in [0.2, 0.25) is 0 Å². The average molecular weight is 168 g/mol. The number of nitrogens with zero attached hydrogens (tertiary/aromatic N) is 1. The van der Waals surface area contributed by atoms with Gasteiger partial charge in [-0.05, 0) is 19.3 Å². The van der Waals surface area contributed by atoms with Crippen LogP contribution in [0.4, 0.5) is 0 Å². The van der Waals surface area contributed by atoms with Crippen LogP contribution in [0, 0.1) is 0 Å². The maximum absolute atomic E-state index is 10.8. The molecule has 2 aliphatic heterocycles. The zero-order valence-electron chi connectivity index (χ0n) is 7.33. The minimum absolute atomic E-state index is 0.214. The van der Waals surface area contributed by atoms with Crippen molar-refractivity contribution in [1.29, 1.82) is 0 Å². The molecule has 0 saturated carbocycles. The Labute approximate surface area is 73.1 Å². The van der Waals surface area contributed by atoms with E-state index in [1.165, 1.54) is 12.8 Å². The number of piperidine rings is 1. The molecule has 2 saturated heterocycles. The molecule has 0 spiro atoms. The molecule has 2 atom stereocenters. The van der Waals surface area contributed by atoms with E-state index in [9.17, 15) is 4.79 Å². The molecule has 68 valence electrons. The molecule has 0 bridgehead atoms. The van der Waals surface area contributed by atoms with Gasteiger partial charge in [0.25, 0.3) is 0 Å². The molecule has 2 fully saturated rings. The number of nitrogens with one attached hydrogen (secondary N) is 1. The Hall–Kier alpha value is -0.410. The Balaban J connectivity index is 2.03. The maximum Gasteiger partial charge on any atom is 0.137 e. The van der Waals surface area contributed by atoms with E-state index in [1.807, 2.05) is 0 Å². The summed E-state index contributed by atoms with van der Waals surface area (Å²) in [4.78, 5) is 13.1. The highest BCUT2D eigenvalue weighted by Crippen LogP contribution is 2.22. The van der Waals surface area contributed by atoms with Crippen molar-refractivity contribution in [3.63, 3.8) is 0 Å². The Kier molecular flexibility index (Phi) is 2.42. The first kappa shape index (κ1) is 8.20. The lowest BCUT2D eigenvalue weighted by Crippen LogP contribution is -2.57. The third-order valence-corrected chi connectivity index (χ3v) is 3.02. The van der Waals surface area contributed by atoms with Crippen LogP contribution >= 0.6 is 0 Å². The fourth-order valence-corrected chi connectivity index (χ4v) is 2.36. The van der Waals surface area contributed by atoms with Gasteiger partial charge in [-0.1, -0.05) is 0 Å². The third-order valence-electron chi connectivity index (χ3n) is 3.02. The van der Waals surface area contributed by atoms with Crippen molar-refractivity contribution in [3.05, 3.63) is 0 Å². The van der Waals surface area contributed by atoms with Gasteiger partial charge in [0.1, 0.15) is 6.29 Å². The Morgan fingerprint density at radius 3 is 3.17 bits per heavy atom. The van der Waals surface area contributed by atoms with Gasteiger partial charge in [-0.3, -0.25) is 4.90 Å². The minimum atomic E-state index is 0.214. The van der Waals surface area contributed by atoms with E-state index in [0.717, 1.165) is 32.3 Å². The number of hydrogen-bond acceptors (Lipinski definition) is 3. The lowest BCUT2D eigenvalue weighted by Gasteiger charge is -2.43. The number of carbonyl (C=O) groups is 1. The smallest absolute Gasteiger partial charge is 0.137 e. The van der Waals surface area contributed by atoms with Crippen molar-refractivity contribution in [2.24, 2.45) is 0 Å². The zero-order valence-corrected chi connectivity index (χ0v) is 7.33. The van der Waals surface area contributed by atoms with E-state index in [2.05, 4.69) is 10.2 Å². The van der Waals surface area contributed by atoms with Crippen LogP contribution in [0.5, 0.6) is 0 Å². The molecule has 0 aliphatic carbocycles. The van der Waals surface area contributed by atoms with Gasteiger partial charge >= 0.3 is 0 Å². The summed E-state index contributed by atoms with van der Waals surface area (Å²) < 4.78 is 0. The Morgan fingerprint density at radius 2 is 2.33 bits per heavy atom. The van der Waals surface area contributed by atoms with E-state index < -0.39 is 0 Å². The van der Waals surface area contributed by atoms with E-state index in [1.54, 1.807) is 0 Å².